The first kappa shape index (κ1) is 21.5. The average Bonchev–Trinajstić information content (AvgIpc) is 2.51. The molecule has 0 N–H and O–H groups in total. The zero-order chi connectivity index (χ0) is 19.6. The number of rotatable bonds is 7. The van der Waals surface area contributed by atoms with Gasteiger partial charge in [-0.05, 0) is 31.4 Å². The van der Waals surface area contributed by atoms with Crippen molar-refractivity contribution in [3.63, 3.8) is 0 Å². The van der Waals surface area contributed by atoms with Gasteiger partial charge in [-0.25, -0.2) is 0 Å². The molecule has 1 rings (SSSR count). The molecule has 138 valence electrons. The first-order chi connectivity index (χ1) is 11.2. The minimum absolute atomic E-state index is 0.0789. The summed E-state index contributed by atoms with van der Waals surface area (Å²) < 4.78 is 0. The Morgan fingerprint density at radius 3 is 1.84 bits per heavy atom. The molecule has 0 radical (unpaired) electrons. The minimum Gasteiger partial charge on any atom is -0.305 e. The fraction of sp³-hybridized carbons (Fsp3) is 0.571. The molecule has 0 fully saturated rings. The number of benzene rings is 1. The zero-order valence-corrected chi connectivity index (χ0v) is 17.9. The molecule has 1 aromatic rings. The van der Waals surface area contributed by atoms with Crippen molar-refractivity contribution in [2.75, 3.05) is 0 Å². The Kier molecular flexibility index (Phi) is 6.33. The summed E-state index contributed by atoms with van der Waals surface area (Å²) in [7, 11) is -2.21. The van der Waals surface area contributed by atoms with Gasteiger partial charge in [0.25, 0.3) is 0 Å². The van der Waals surface area contributed by atoms with Crippen molar-refractivity contribution in [3.8, 4) is 0 Å². The Labute approximate surface area is 153 Å². The molecule has 0 saturated carbocycles. The highest BCUT2D eigenvalue weighted by molar-refractivity contribution is 7.06. The van der Waals surface area contributed by atoms with Crippen LogP contribution in [-0.4, -0.2) is 25.0 Å². The maximum absolute atomic E-state index is 13.2. The van der Waals surface area contributed by atoms with Crippen LogP contribution >= 0.6 is 0 Å². The van der Waals surface area contributed by atoms with Gasteiger partial charge in [-0.2, -0.15) is 0 Å². The predicted octanol–water partition coefficient (Wildman–Crippen LogP) is 4.96. The van der Waals surface area contributed by atoms with Crippen molar-refractivity contribution in [2.24, 2.45) is 5.41 Å². The summed E-state index contributed by atoms with van der Waals surface area (Å²) in [6, 6.07) is 9.37. The predicted molar refractivity (Wildman–Crippen MR) is 105 cm³/mol. The Morgan fingerprint density at radius 1 is 0.960 bits per heavy atom. The third-order valence-corrected chi connectivity index (χ3v) is 11.3. The van der Waals surface area contributed by atoms with Crippen LogP contribution < -0.4 is 0 Å². The number of carbonyl (C=O) groups excluding carboxylic acids is 3. The Morgan fingerprint density at radius 2 is 1.44 bits per heavy atom. The number of Topliss-reactive ketones (excluding diaryl/α,β-unsaturated/α-hetero) is 2. The van der Waals surface area contributed by atoms with E-state index in [1.54, 1.807) is 13.8 Å². The topological polar surface area (TPSA) is 51.2 Å². The van der Waals surface area contributed by atoms with Gasteiger partial charge in [0.2, 0.25) is 0 Å². The van der Waals surface area contributed by atoms with Gasteiger partial charge in [-0.3, -0.25) is 9.59 Å². The van der Waals surface area contributed by atoms with Crippen molar-refractivity contribution in [2.45, 2.75) is 72.0 Å². The molecule has 0 heterocycles. The minimum atomic E-state index is -2.21. The van der Waals surface area contributed by atoms with Gasteiger partial charge in [-0.1, -0.05) is 64.2 Å². The molecule has 4 heteroatoms. The summed E-state index contributed by atoms with van der Waals surface area (Å²) in [4.78, 5) is 38.3. The Hall–Kier alpha value is -1.55. The van der Waals surface area contributed by atoms with Gasteiger partial charge < -0.3 is 4.79 Å². The lowest BCUT2D eigenvalue weighted by Crippen LogP contribution is -2.48. The fourth-order valence-electron chi connectivity index (χ4n) is 2.52. The average molecular weight is 361 g/mol. The number of ketones is 2. The van der Waals surface area contributed by atoms with Crippen molar-refractivity contribution in [1.82, 2.24) is 0 Å². The Bertz CT molecular complexity index is 651. The maximum atomic E-state index is 13.2. The van der Waals surface area contributed by atoms with Gasteiger partial charge in [0.15, 0.2) is 5.78 Å². The first-order valence-corrected chi connectivity index (χ1v) is 11.9. The van der Waals surface area contributed by atoms with Crippen LogP contribution in [-0.2, 0) is 14.4 Å². The van der Waals surface area contributed by atoms with E-state index in [0.717, 1.165) is 5.56 Å². The van der Waals surface area contributed by atoms with Gasteiger partial charge in [0.05, 0.1) is 11.3 Å². The van der Waals surface area contributed by atoms with E-state index >= 15 is 0 Å². The van der Waals surface area contributed by atoms with Gasteiger partial charge >= 0.3 is 0 Å². The van der Waals surface area contributed by atoms with Crippen LogP contribution in [0.15, 0.2) is 30.3 Å². The Balaban J connectivity index is 3.29. The maximum Gasteiger partial charge on any atom is 0.153 e. The van der Waals surface area contributed by atoms with E-state index in [0.29, 0.717) is 0 Å². The molecule has 25 heavy (non-hydrogen) atoms. The second-order valence-electron chi connectivity index (χ2n) is 9.01. The van der Waals surface area contributed by atoms with Crippen molar-refractivity contribution in [3.05, 3.63) is 35.9 Å². The quantitative estimate of drug-likeness (QED) is 0.510. The van der Waals surface area contributed by atoms with E-state index in [-0.39, 0.29) is 28.4 Å². The molecule has 0 bridgehead atoms. The molecule has 0 aromatic heterocycles. The number of hydrogen-bond acceptors (Lipinski definition) is 3. The van der Waals surface area contributed by atoms with Crippen LogP contribution in [0.5, 0.6) is 0 Å². The van der Waals surface area contributed by atoms with Crippen molar-refractivity contribution < 1.29 is 14.4 Å². The lowest BCUT2D eigenvalue weighted by Gasteiger charge is -2.36. The third kappa shape index (κ3) is 4.54. The highest BCUT2D eigenvalue weighted by atomic mass is 28.3. The monoisotopic (exact) mass is 360 g/mol. The summed E-state index contributed by atoms with van der Waals surface area (Å²) in [5.74, 6) is -0.904. The van der Waals surface area contributed by atoms with Crippen molar-refractivity contribution >= 4 is 25.0 Å². The smallest absolute Gasteiger partial charge is 0.153 e. The molecular weight excluding hydrogens is 328 g/mol. The third-order valence-electron chi connectivity index (χ3n) is 5.98. The molecule has 0 saturated heterocycles. The number of hydrogen-bond donors (Lipinski definition) is 0. The molecular formula is C21H32O3Si. The van der Waals surface area contributed by atoms with E-state index in [1.807, 2.05) is 30.3 Å². The largest absolute Gasteiger partial charge is 0.305 e. The van der Waals surface area contributed by atoms with E-state index in [1.165, 1.54) is 6.92 Å². The van der Waals surface area contributed by atoms with Crippen LogP contribution in [0.3, 0.4) is 0 Å². The van der Waals surface area contributed by atoms with Gasteiger partial charge in [0, 0.05) is 6.42 Å². The van der Waals surface area contributed by atoms with Crippen LogP contribution in [0, 0.1) is 5.41 Å². The van der Waals surface area contributed by atoms with Crippen LogP contribution in [0.4, 0.5) is 0 Å². The van der Waals surface area contributed by atoms with E-state index in [4.69, 9.17) is 0 Å². The molecule has 1 unspecified atom stereocenters. The first-order valence-electron chi connectivity index (χ1n) is 8.86. The van der Waals surface area contributed by atoms with Crippen LogP contribution in [0.2, 0.25) is 18.1 Å². The molecule has 0 aliphatic rings. The second kappa shape index (κ2) is 7.36. The molecule has 1 atom stereocenters. The fourth-order valence-corrected chi connectivity index (χ4v) is 4.07. The molecule has 0 spiro atoms. The van der Waals surface area contributed by atoms with E-state index in [2.05, 4.69) is 33.9 Å². The van der Waals surface area contributed by atoms with Crippen molar-refractivity contribution in [1.29, 1.82) is 0 Å². The standard InChI is InChI=1S/C21H32O3Si/c1-15(22)21(5,6)19(24)17(16-12-10-9-11-13-16)14-18(23)25(7,8)20(2,3)4/h9-13,17H,14H2,1-8H3. The molecule has 0 aliphatic heterocycles. The SMILES string of the molecule is CC(=O)C(C)(C)C(=O)C(CC(=O)[Si](C)(C)C(C)(C)C)c1ccccc1. The highest BCUT2D eigenvalue weighted by Crippen LogP contribution is 2.39. The summed E-state index contributed by atoms with van der Waals surface area (Å²) in [5, 5.41) is 0.103. The van der Waals surface area contributed by atoms with Crippen LogP contribution in [0.1, 0.15) is 59.4 Å². The molecule has 1 aromatic carbocycles. The number of carbonyl (C=O) groups is 3. The van der Waals surface area contributed by atoms with Crippen LogP contribution in [0.25, 0.3) is 0 Å². The van der Waals surface area contributed by atoms with Gasteiger partial charge in [0.1, 0.15) is 19.3 Å². The summed E-state index contributed by atoms with van der Waals surface area (Å²) in [5.41, 5.74) is -0.275. The molecule has 3 nitrogen and oxygen atoms in total. The lowest BCUT2D eigenvalue weighted by molar-refractivity contribution is -0.139. The zero-order valence-electron chi connectivity index (χ0n) is 16.9. The molecule has 0 amide bonds. The lowest BCUT2D eigenvalue weighted by atomic mass is 9.75. The second-order valence-corrected chi connectivity index (χ2v) is 14.3. The molecule has 0 aliphatic carbocycles. The normalized spacial score (nSPS) is 14.1. The van der Waals surface area contributed by atoms with E-state index < -0.39 is 19.4 Å². The highest BCUT2D eigenvalue weighted by Gasteiger charge is 2.45. The summed E-state index contributed by atoms with van der Waals surface area (Å²) >= 11 is 0. The van der Waals surface area contributed by atoms with Gasteiger partial charge in [-0.15, -0.1) is 0 Å². The van der Waals surface area contributed by atoms with E-state index in [9.17, 15) is 14.4 Å². The summed E-state index contributed by atoms with van der Waals surface area (Å²) in [6.45, 7) is 15.2. The summed E-state index contributed by atoms with van der Waals surface area (Å²) in [6.07, 6.45) is 0.177.